The molecule has 0 radical (unpaired) electrons. The van der Waals surface area contributed by atoms with Crippen LogP contribution < -0.4 is 0 Å². The molecule has 0 bridgehead atoms. The molecule has 8 unspecified atom stereocenters. The molecule has 10 fully saturated rings. The van der Waals surface area contributed by atoms with E-state index in [2.05, 4.69) is 13.8 Å². The van der Waals surface area contributed by atoms with Crippen LogP contribution in [0.15, 0.2) is 0 Å². The van der Waals surface area contributed by atoms with Crippen molar-refractivity contribution < 1.29 is 6.51 Å². The van der Waals surface area contributed by atoms with Crippen LogP contribution in [-0.4, -0.2) is 0 Å². The summed E-state index contributed by atoms with van der Waals surface area (Å²) in [6.07, 6.45) is 12.8. The third-order valence-corrected chi connectivity index (χ3v) is 61.9. The first kappa shape index (κ1) is 9.73. The molecule has 118 valence electrons. The Morgan fingerprint density at radius 3 is 1.29 bits per heavy atom. The molecule has 0 aromatic rings. The van der Waals surface area contributed by atoms with Gasteiger partial charge in [0.25, 0.3) is 0 Å². The summed E-state index contributed by atoms with van der Waals surface area (Å²) in [5.74, 6) is 0. The van der Waals surface area contributed by atoms with Crippen molar-refractivity contribution >= 4 is 0 Å². The summed E-state index contributed by atoms with van der Waals surface area (Å²) in [6.45, 7) is 1.92. The standard InChI is InChI=1S/2C10H15.Fe/c2*1-2-3-4-7-10-8-5-6-9-10;/h2*5-6,8-9H,2-4,7H2,1H3;. The number of hydrogen-bond acceptors (Lipinski definition) is 0. The topological polar surface area (TPSA) is 0 Å². The molecular formula is C20H30Fe. The molecule has 21 heavy (non-hydrogen) atoms. The first-order valence-electron chi connectivity index (χ1n) is 10.3. The van der Waals surface area contributed by atoms with Crippen molar-refractivity contribution in [2.45, 2.75) is 112 Å². The minimum absolute atomic E-state index is 1.20. The van der Waals surface area contributed by atoms with E-state index in [1.54, 1.807) is 38.5 Å². The Morgan fingerprint density at radius 1 is 0.619 bits per heavy atom. The molecule has 0 aliphatic carbocycles. The summed E-state index contributed by atoms with van der Waals surface area (Å²) in [5, 5.41) is 0. The second kappa shape index (κ2) is 0.976. The molecule has 10 rings (SSSR count). The average molecular weight is 326 g/mol. The van der Waals surface area contributed by atoms with Crippen molar-refractivity contribution in [3.05, 3.63) is 0 Å². The van der Waals surface area contributed by atoms with Gasteiger partial charge in [-0.25, -0.2) is 0 Å². The molecule has 0 amide bonds. The Bertz CT molecular complexity index is 939. The average Bonchev–Trinajstić information content (AvgIpc) is 3.43. The van der Waals surface area contributed by atoms with Crippen LogP contribution in [0.25, 0.3) is 0 Å². The van der Waals surface area contributed by atoms with E-state index >= 15 is 0 Å². The van der Waals surface area contributed by atoms with Crippen LogP contribution in [0.1, 0.15) is 65.2 Å². The summed E-state index contributed by atoms with van der Waals surface area (Å²) in [6, 6.07) is 0. The fraction of sp³-hybridized carbons (Fsp3) is 1.00. The number of fused-ring (bicyclic) bond motifs is 10. The Hall–Kier alpha value is 0.519. The van der Waals surface area contributed by atoms with Crippen LogP contribution in [0.4, 0.5) is 0 Å². The van der Waals surface area contributed by atoms with E-state index in [1.165, 1.54) is 60.0 Å². The first-order chi connectivity index (χ1) is 10.1. The Balaban J connectivity index is 1.24. The Labute approximate surface area is 119 Å². The number of unbranched alkanes of at least 4 members (excludes halogenated alkanes) is 4. The fourth-order valence-electron chi connectivity index (χ4n) is 20.2. The molecule has 1 spiro atoms. The molecule has 1 heteroatoms. The Morgan fingerprint density at radius 2 is 1.00 bits per heavy atom. The second-order valence-electron chi connectivity index (χ2n) is 13.0. The summed E-state index contributed by atoms with van der Waals surface area (Å²) in [4.78, 5) is 12.3. The molecule has 8 atom stereocenters. The van der Waals surface area contributed by atoms with Crippen molar-refractivity contribution in [1.29, 1.82) is 0 Å². The van der Waals surface area contributed by atoms with E-state index in [4.69, 9.17) is 0 Å². The number of hydrogen-bond donors (Lipinski definition) is 0. The van der Waals surface area contributed by atoms with Gasteiger partial charge < -0.3 is 0 Å². The van der Waals surface area contributed by atoms with Crippen LogP contribution >= 0.6 is 0 Å². The van der Waals surface area contributed by atoms with Gasteiger partial charge in [-0.3, -0.25) is 0 Å². The van der Waals surface area contributed by atoms with Crippen molar-refractivity contribution in [2.24, 2.45) is 0 Å². The van der Waals surface area contributed by atoms with Crippen molar-refractivity contribution in [1.82, 2.24) is 0 Å². The van der Waals surface area contributed by atoms with Gasteiger partial charge in [0.1, 0.15) is 0 Å². The van der Waals surface area contributed by atoms with E-state index in [1.807, 2.05) is 0 Å². The maximum atomic E-state index is 2.41. The van der Waals surface area contributed by atoms with Gasteiger partial charge in [-0.2, -0.15) is 0 Å². The summed E-state index contributed by atoms with van der Waals surface area (Å²) in [5.41, 5.74) is 0. The van der Waals surface area contributed by atoms with Gasteiger partial charge in [0, 0.05) is 0 Å². The van der Waals surface area contributed by atoms with E-state index in [0.29, 0.717) is 0 Å². The third kappa shape index (κ3) is 0.124. The fourth-order valence-corrected chi connectivity index (χ4v) is 98.7. The molecule has 0 aromatic heterocycles. The van der Waals surface area contributed by atoms with Crippen molar-refractivity contribution in [2.75, 3.05) is 0 Å². The molecular weight excluding hydrogens is 296 g/mol. The van der Waals surface area contributed by atoms with Gasteiger partial charge in [0.2, 0.25) is 0 Å². The van der Waals surface area contributed by atoms with Crippen LogP contribution in [0, 0.1) is 0 Å². The third-order valence-electron chi connectivity index (χ3n) is 17.7. The summed E-state index contributed by atoms with van der Waals surface area (Å²) in [7, 11) is 0. The van der Waals surface area contributed by atoms with Crippen LogP contribution in [0.2, 0.25) is 47.2 Å². The first-order valence-corrected chi connectivity index (χ1v) is 16.5. The minimum atomic E-state index is -2.89. The maximum absolute atomic E-state index is 2.89. The van der Waals surface area contributed by atoms with Gasteiger partial charge in [-0.15, -0.1) is 0 Å². The zero-order valence-electron chi connectivity index (χ0n) is 13.6. The molecule has 10 aliphatic heterocycles. The summed E-state index contributed by atoms with van der Waals surface area (Å²) >= 11 is 0. The van der Waals surface area contributed by atoms with E-state index in [-0.39, 0.29) is 0 Å². The van der Waals surface area contributed by atoms with Crippen LogP contribution in [0.3, 0.4) is 0 Å². The quantitative estimate of drug-likeness (QED) is 0.325. The van der Waals surface area contributed by atoms with Crippen LogP contribution in [-0.2, 0) is 6.51 Å². The molecule has 10 saturated heterocycles. The predicted molar refractivity (Wildman–Crippen MR) is 83.7 cm³/mol. The molecule has 0 saturated carbocycles. The normalized spacial score (nSPS) is 102. The molecule has 0 nitrogen and oxygen atoms in total. The number of rotatable bonds is 8. The second-order valence-corrected chi connectivity index (χ2v) is 36.4. The van der Waals surface area contributed by atoms with E-state index in [9.17, 15) is 0 Å². The van der Waals surface area contributed by atoms with Crippen molar-refractivity contribution in [3.63, 3.8) is 0 Å². The SMILES string of the molecule is CCCCC[C]12[CH]3[CH]4[CH]5[CH]1[Fe]45321678[CH]2[CH]1[CH]6[C]7(CCCCC)[CH]28. The van der Waals surface area contributed by atoms with E-state index < -0.39 is 6.51 Å². The van der Waals surface area contributed by atoms with Gasteiger partial charge in [0.15, 0.2) is 0 Å². The predicted octanol–water partition coefficient (Wildman–Crippen LogP) is 7.28. The van der Waals surface area contributed by atoms with Gasteiger partial charge >= 0.3 is 119 Å². The summed E-state index contributed by atoms with van der Waals surface area (Å²) < 4.78 is 2.41. The molecule has 10 heterocycles. The van der Waals surface area contributed by atoms with Gasteiger partial charge in [-0.1, -0.05) is 0 Å². The monoisotopic (exact) mass is 326 g/mol. The zero-order chi connectivity index (χ0) is 13.6. The molecule has 0 N–H and O–H groups in total. The molecule has 10 aliphatic rings. The van der Waals surface area contributed by atoms with Crippen molar-refractivity contribution in [3.8, 4) is 0 Å². The van der Waals surface area contributed by atoms with Gasteiger partial charge in [-0.05, 0) is 0 Å². The zero-order valence-corrected chi connectivity index (χ0v) is 14.7. The van der Waals surface area contributed by atoms with E-state index in [0.717, 1.165) is 0 Å². The van der Waals surface area contributed by atoms with Crippen LogP contribution in [0.5, 0.6) is 0 Å². The van der Waals surface area contributed by atoms with Gasteiger partial charge in [0.05, 0.1) is 0 Å². The molecule has 0 aromatic carbocycles. The Kier molecular flexibility index (Phi) is 0.452.